The molecule has 0 saturated heterocycles. The Morgan fingerprint density at radius 3 is 2.57 bits per heavy atom. The van der Waals surface area contributed by atoms with Gasteiger partial charge in [0.15, 0.2) is 28.5 Å². The summed E-state index contributed by atoms with van der Waals surface area (Å²) in [5.74, 6) is -3.98. The number of aliphatic hydroxyl groups excluding tert-OH is 2. The normalized spacial score (nSPS) is 52.6. The van der Waals surface area contributed by atoms with Crippen LogP contribution >= 0.6 is 12.2 Å². The van der Waals surface area contributed by atoms with Gasteiger partial charge in [-0.1, -0.05) is 19.9 Å². The molecule has 0 spiro atoms. The molecule has 4 aliphatic rings. The van der Waals surface area contributed by atoms with Gasteiger partial charge < -0.3 is 10.2 Å². The van der Waals surface area contributed by atoms with Crippen molar-refractivity contribution in [3.05, 3.63) is 23.8 Å². The number of hydrogen-bond donors (Lipinski definition) is 2. The minimum atomic E-state index is -2.44. The van der Waals surface area contributed by atoms with E-state index in [9.17, 15) is 19.8 Å². The number of carbonyl (C=O) groups excluding carboxylic acids is 2. The number of Topliss-reactive ketones (excluding diaryl/α,β-unsaturated/α-hetero) is 1. The summed E-state index contributed by atoms with van der Waals surface area (Å²) in [7, 11) is 0. The number of aliphatic hydroxyl groups is 2. The van der Waals surface area contributed by atoms with Crippen LogP contribution in [0.25, 0.3) is 0 Å². The van der Waals surface area contributed by atoms with E-state index in [1.807, 2.05) is 6.92 Å². The van der Waals surface area contributed by atoms with Gasteiger partial charge in [-0.15, -0.1) is 0 Å². The molecule has 2 N–H and O–H groups in total. The van der Waals surface area contributed by atoms with E-state index < -0.39 is 58.1 Å². The molecule has 152 valence electrons. The molecule has 4 nitrogen and oxygen atoms in total. The van der Waals surface area contributed by atoms with E-state index in [2.05, 4.69) is 0 Å². The predicted octanol–water partition coefficient (Wildman–Crippen LogP) is 3.23. The Kier molecular flexibility index (Phi) is 4.10. The van der Waals surface area contributed by atoms with Gasteiger partial charge in [0.05, 0.1) is 12.0 Å². The van der Waals surface area contributed by atoms with Crippen LogP contribution in [0.15, 0.2) is 23.8 Å². The highest BCUT2D eigenvalue weighted by molar-refractivity contribution is 7.80. The lowest BCUT2D eigenvalue weighted by Gasteiger charge is -2.61. The molecule has 0 radical (unpaired) electrons. The molecule has 0 aromatic carbocycles. The fourth-order valence-corrected chi connectivity index (χ4v) is 7.34. The number of rotatable bonds is 1. The van der Waals surface area contributed by atoms with E-state index in [1.165, 1.54) is 19.1 Å². The van der Waals surface area contributed by atoms with Gasteiger partial charge in [0, 0.05) is 11.3 Å². The Balaban J connectivity index is 1.92. The molecule has 0 heterocycles. The molecule has 7 heteroatoms. The highest BCUT2D eigenvalue weighted by Crippen LogP contribution is 2.69. The molecule has 9 atom stereocenters. The predicted molar refractivity (Wildman–Crippen MR) is 102 cm³/mol. The molecule has 0 amide bonds. The zero-order chi connectivity index (χ0) is 20.8. The first-order valence-electron chi connectivity index (χ1n) is 9.62. The Labute approximate surface area is 167 Å². The molecular weight excluding hydrogens is 386 g/mol. The first-order valence-corrected chi connectivity index (χ1v) is 10.0. The van der Waals surface area contributed by atoms with Crippen molar-refractivity contribution in [1.29, 1.82) is 0 Å². The van der Waals surface area contributed by atoms with Crippen LogP contribution in [-0.2, 0) is 9.59 Å². The summed E-state index contributed by atoms with van der Waals surface area (Å²) in [5.41, 5.74) is -5.06. The minimum absolute atomic E-state index is 0.00470. The molecule has 4 rings (SSSR count). The molecule has 28 heavy (non-hydrogen) atoms. The number of ketones is 2. The second kappa shape index (κ2) is 5.79. The average molecular weight is 410 g/mol. The largest absolute Gasteiger partial charge is 0.502 e. The Hall–Kier alpha value is -1.47. The minimum Gasteiger partial charge on any atom is -0.502 e. The van der Waals surface area contributed by atoms with E-state index in [-0.39, 0.29) is 23.0 Å². The van der Waals surface area contributed by atoms with Crippen LogP contribution in [0.1, 0.15) is 33.6 Å². The second-order valence-corrected chi connectivity index (χ2v) is 9.83. The van der Waals surface area contributed by atoms with Crippen LogP contribution in [-0.4, -0.2) is 44.8 Å². The number of carbonyl (C=O) groups is 2. The Bertz CT molecular complexity index is 853. The standard InChI is InChI=1S/C21H24F2O4S/c1-9-6-11-15-17(26)16(22)12-7-10(24)4-5-20(12,3)21(15,23)13(25)8-19(11,2)14(9)18(27)28/h4-5,7,9,11,13-16,25H,6,8H2,1-3H3,(H,27,28)/t9-,11+,13+,14-,15-,16-,19+,20+,21-/m1/s1. The molecule has 3 fully saturated rings. The molecule has 0 bridgehead atoms. The highest BCUT2D eigenvalue weighted by Gasteiger charge is 2.75. The van der Waals surface area contributed by atoms with Gasteiger partial charge in [-0.25, -0.2) is 8.78 Å². The van der Waals surface area contributed by atoms with Gasteiger partial charge >= 0.3 is 0 Å². The number of halogens is 2. The fourth-order valence-electron chi connectivity index (χ4n) is 6.84. The lowest BCUT2D eigenvalue weighted by atomic mass is 9.44. The first-order chi connectivity index (χ1) is 12.9. The van der Waals surface area contributed by atoms with E-state index in [4.69, 9.17) is 12.2 Å². The van der Waals surface area contributed by atoms with Crippen LogP contribution in [0.3, 0.4) is 0 Å². The smallest absolute Gasteiger partial charge is 0.181 e. The van der Waals surface area contributed by atoms with Gasteiger partial charge in [0.25, 0.3) is 0 Å². The molecule has 0 aromatic rings. The van der Waals surface area contributed by atoms with Crippen molar-refractivity contribution in [2.75, 3.05) is 0 Å². The van der Waals surface area contributed by atoms with Crippen LogP contribution in [0.4, 0.5) is 8.78 Å². The average Bonchev–Trinajstić information content (AvgIpc) is 2.85. The van der Waals surface area contributed by atoms with Crippen molar-refractivity contribution >= 4 is 28.8 Å². The lowest BCUT2D eigenvalue weighted by molar-refractivity contribution is -0.199. The molecular formula is C21H24F2O4S. The van der Waals surface area contributed by atoms with Crippen LogP contribution in [0.2, 0.25) is 0 Å². The van der Waals surface area contributed by atoms with Crippen molar-refractivity contribution in [3.8, 4) is 0 Å². The molecule has 3 saturated carbocycles. The summed E-state index contributed by atoms with van der Waals surface area (Å²) in [6.07, 6.45) is 0.199. The van der Waals surface area contributed by atoms with Gasteiger partial charge in [-0.2, -0.15) is 0 Å². The van der Waals surface area contributed by atoms with Crippen LogP contribution in [0.5, 0.6) is 0 Å². The van der Waals surface area contributed by atoms with Crippen molar-refractivity contribution < 1.29 is 28.6 Å². The Morgan fingerprint density at radius 1 is 1.32 bits per heavy atom. The molecule has 0 aliphatic heterocycles. The van der Waals surface area contributed by atoms with Crippen molar-refractivity contribution in [2.45, 2.75) is 51.6 Å². The maximum Gasteiger partial charge on any atom is 0.181 e. The van der Waals surface area contributed by atoms with E-state index in [0.717, 1.165) is 6.08 Å². The molecule has 0 unspecified atom stereocenters. The van der Waals surface area contributed by atoms with Crippen molar-refractivity contribution in [3.63, 3.8) is 0 Å². The number of fused-ring (bicyclic) bond motifs is 5. The fraction of sp³-hybridized carbons (Fsp3) is 0.667. The summed E-state index contributed by atoms with van der Waals surface area (Å²) in [5, 5.41) is 20.9. The van der Waals surface area contributed by atoms with E-state index in [1.54, 1.807) is 6.92 Å². The maximum absolute atomic E-state index is 16.8. The van der Waals surface area contributed by atoms with E-state index in [0.29, 0.717) is 6.42 Å². The van der Waals surface area contributed by atoms with E-state index >= 15 is 8.78 Å². The van der Waals surface area contributed by atoms with Crippen molar-refractivity contribution in [2.24, 2.45) is 34.5 Å². The summed E-state index contributed by atoms with van der Waals surface area (Å²) >= 11 is 5.03. The monoisotopic (exact) mass is 410 g/mol. The third-order valence-electron chi connectivity index (χ3n) is 8.10. The van der Waals surface area contributed by atoms with Crippen molar-refractivity contribution in [1.82, 2.24) is 0 Å². The second-order valence-electron chi connectivity index (χ2n) is 9.41. The zero-order valence-corrected chi connectivity index (χ0v) is 16.8. The van der Waals surface area contributed by atoms with Gasteiger partial charge in [0.1, 0.15) is 0 Å². The third kappa shape index (κ3) is 2.09. The Morgan fingerprint density at radius 2 is 1.96 bits per heavy atom. The lowest BCUT2D eigenvalue weighted by Crippen LogP contribution is -2.71. The summed E-state index contributed by atoms with van der Waals surface area (Å²) in [6, 6.07) is 0. The van der Waals surface area contributed by atoms with Crippen LogP contribution in [0, 0.1) is 34.5 Å². The maximum atomic E-state index is 16.8. The topological polar surface area (TPSA) is 74.6 Å². The number of hydrogen-bond acceptors (Lipinski definition) is 4. The molecule has 4 aliphatic carbocycles. The quantitative estimate of drug-likeness (QED) is 0.650. The first kappa shape index (κ1) is 19.8. The zero-order valence-electron chi connectivity index (χ0n) is 16.0. The number of thiocarbonyl (C=S) groups is 1. The highest BCUT2D eigenvalue weighted by atomic mass is 32.1. The van der Waals surface area contributed by atoms with Gasteiger partial charge in [0.2, 0.25) is 0 Å². The summed E-state index contributed by atoms with van der Waals surface area (Å²) in [6.45, 7) is 5.12. The summed E-state index contributed by atoms with van der Waals surface area (Å²) in [4.78, 5) is 24.9. The SMILES string of the molecule is C[C@@H]1C[C@H]2[C@@H]3C(=O)[C@H](F)C4=CC(=O)C=C[C@]4(C)[C@@]3(F)[C@@H](O)C[C@]2(C)[C@H]1C(O)=S. The van der Waals surface area contributed by atoms with Crippen LogP contribution < -0.4 is 0 Å². The number of allylic oxidation sites excluding steroid dienone is 4. The molecule has 0 aromatic heterocycles. The summed E-state index contributed by atoms with van der Waals surface area (Å²) < 4.78 is 32.0. The third-order valence-corrected chi connectivity index (χ3v) is 8.35. The van der Waals surface area contributed by atoms with Gasteiger partial charge in [-0.3, -0.25) is 9.59 Å². The van der Waals surface area contributed by atoms with Gasteiger partial charge in [-0.05, 0) is 67.0 Å². The number of alkyl halides is 2.